The van der Waals surface area contributed by atoms with Gasteiger partial charge in [0.1, 0.15) is 6.10 Å². The molecule has 1 fully saturated rings. The summed E-state index contributed by atoms with van der Waals surface area (Å²) in [5.41, 5.74) is 3.31. The molecule has 0 radical (unpaired) electrons. The maximum absolute atomic E-state index is 5.91. The van der Waals surface area contributed by atoms with Gasteiger partial charge in [0.25, 0.3) is 0 Å². The summed E-state index contributed by atoms with van der Waals surface area (Å²) in [7, 11) is 4.12. The Morgan fingerprint density at radius 3 is 2.89 bits per heavy atom. The normalized spacial score (nSPS) is 20.5. The van der Waals surface area contributed by atoms with Crippen molar-refractivity contribution in [1.29, 1.82) is 0 Å². The zero-order valence-electron chi connectivity index (χ0n) is 12.5. The summed E-state index contributed by atoms with van der Waals surface area (Å²) in [6.07, 6.45) is 1.30. The molecule has 106 valence electrons. The quantitative estimate of drug-likeness (QED) is 0.833. The Bertz CT molecular complexity index is 418. The maximum atomic E-state index is 5.91. The minimum Gasteiger partial charge on any atom is -0.378 e. The number of pyridine rings is 1. The first-order chi connectivity index (χ1) is 9.10. The number of hydrogen-bond donors (Lipinski definition) is 0. The number of ether oxygens (including phenoxy) is 1. The van der Waals surface area contributed by atoms with E-state index in [0.717, 1.165) is 37.6 Å². The number of nitrogens with zero attached hydrogens (tertiary/aromatic N) is 3. The lowest BCUT2D eigenvalue weighted by molar-refractivity contribution is -0.0319. The summed E-state index contributed by atoms with van der Waals surface area (Å²) in [6.45, 7) is 8.21. The molecule has 1 atom stereocenters. The average molecular weight is 263 g/mol. The predicted molar refractivity (Wildman–Crippen MR) is 78.7 cm³/mol. The first-order valence-corrected chi connectivity index (χ1v) is 7.10. The van der Waals surface area contributed by atoms with E-state index in [2.05, 4.69) is 47.9 Å². The van der Waals surface area contributed by atoms with E-state index in [1.165, 1.54) is 12.1 Å². The van der Waals surface area contributed by atoms with E-state index < -0.39 is 0 Å². The van der Waals surface area contributed by atoms with Crippen molar-refractivity contribution in [1.82, 2.24) is 9.88 Å². The highest BCUT2D eigenvalue weighted by Gasteiger charge is 2.23. The fourth-order valence-electron chi connectivity index (χ4n) is 2.50. The monoisotopic (exact) mass is 263 g/mol. The van der Waals surface area contributed by atoms with Gasteiger partial charge in [-0.05, 0) is 32.0 Å². The van der Waals surface area contributed by atoms with Crippen molar-refractivity contribution in [3.05, 3.63) is 23.5 Å². The van der Waals surface area contributed by atoms with E-state index in [1.54, 1.807) is 0 Å². The average Bonchev–Trinajstić information content (AvgIpc) is 2.38. The molecule has 0 amide bonds. The van der Waals surface area contributed by atoms with Gasteiger partial charge >= 0.3 is 0 Å². The molecule has 0 aliphatic carbocycles. The van der Waals surface area contributed by atoms with E-state index >= 15 is 0 Å². The highest BCUT2D eigenvalue weighted by atomic mass is 16.5. The summed E-state index contributed by atoms with van der Waals surface area (Å²) in [4.78, 5) is 9.24. The van der Waals surface area contributed by atoms with Gasteiger partial charge in [-0.3, -0.25) is 9.88 Å². The fourth-order valence-corrected chi connectivity index (χ4v) is 2.50. The van der Waals surface area contributed by atoms with Gasteiger partial charge in [0, 0.05) is 38.6 Å². The molecule has 0 spiro atoms. The number of anilines is 1. The van der Waals surface area contributed by atoms with Gasteiger partial charge in [0.05, 0.1) is 12.3 Å². The van der Waals surface area contributed by atoms with Gasteiger partial charge in [0.2, 0.25) is 0 Å². The molecule has 4 heteroatoms. The molecule has 1 aromatic rings. The van der Waals surface area contributed by atoms with Crippen molar-refractivity contribution in [2.24, 2.45) is 0 Å². The number of aryl methyl sites for hydroxylation is 1. The second kappa shape index (κ2) is 6.35. The standard InChI is InChI=1S/C15H25N3O/c1-5-6-18-7-8-19-15(11-18)14-10-13(17(3)4)9-12(2)16-14/h9-10,15H,5-8,11H2,1-4H3. The lowest BCUT2D eigenvalue weighted by Crippen LogP contribution is -2.39. The van der Waals surface area contributed by atoms with E-state index in [1.807, 2.05) is 6.92 Å². The van der Waals surface area contributed by atoms with Crippen LogP contribution in [0.1, 0.15) is 30.8 Å². The van der Waals surface area contributed by atoms with E-state index in [0.29, 0.717) is 0 Å². The van der Waals surface area contributed by atoms with Crippen molar-refractivity contribution in [2.75, 3.05) is 45.2 Å². The summed E-state index contributed by atoms with van der Waals surface area (Å²) >= 11 is 0. The molecular formula is C15H25N3O. The van der Waals surface area contributed by atoms with Crippen molar-refractivity contribution in [3.8, 4) is 0 Å². The molecule has 0 bridgehead atoms. The van der Waals surface area contributed by atoms with E-state index in [-0.39, 0.29) is 6.10 Å². The number of morpholine rings is 1. The fraction of sp³-hybridized carbons (Fsp3) is 0.667. The zero-order valence-corrected chi connectivity index (χ0v) is 12.5. The van der Waals surface area contributed by atoms with Gasteiger partial charge < -0.3 is 9.64 Å². The zero-order chi connectivity index (χ0) is 13.8. The van der Waals surface area contributed by atoms with Crippen LogP contribution < -0.4 is 4.90 Å². The Morgan fingerprint density at radius 2 is 2.21 bits per heavy atom. The van der Waals surface area contributed by atoms with Crippen LogP contribution in [0.4, 0.5) is 5.69 Å². The molecular weight excluding hydrogens is 238 g/mol. The van der Waals surface area contributed by atoms with Crippen LogP contribution in [0.25, 0.3) is 0 Å². The highest BCUT2D eigenvalue weighted by Crippen LogP contribution is 2.24. The molecule has 19 heavy (non-hydrogen) atoms. The third-order valence-corrected chi connectivity index (χ3v) is 3.49. The minimum atomic E-state index is 0.110. The molecule has 0 saturated carbocycles. The first kappa shape index (κ1) is 14.3. The lowest BCUT2D eigenvalue weighted by Gasteiger charge is -2.32. The first-order valence-electron chi connectivity index (χ1n) is 7.10. The summed E-state index contributed by atoms with van der Waals surface area (Å²) in [5.74, 6) is 0. The smallest absolute Gasteiger partial charge is 0.112 e. The van der Waals surface area contributed by atoms with Crippen LogP contribution in [0, 0.1) is 6.92 Å². The minimum absolute atomic E-state index is 0.110. The van der Waals surface area contributed by atoms with Crippen LogP contribution >= 0.6 is 0 Å². The van der Waals surface area contributed by atoms with Crippen LogP contribution in [0.5, 0.6) is 0 Å². The van der Waals surface area contributed by atoms with Crippen molar-refractivity contribution >= 4 is 5.69 Å². The molecule has 1 aliphatic heterocycles. The Kier molecular flexibility index (Phi) is 4.77. The van der Waals surface area contributed by atoms with Gasteiger partial charge in [-0.25, -0.2) is 0 Å². The van der Waals surface area contributed by atoms with Crippen molar-refractivity contribution < 1.29 is 4.74 Å². The van der Waals surface area contributed by atoms with Crippen LogP contribution in [0.15, 0.2) is 12.1 Å². The maximum Gasteiger partial charge on any atom is 0.112 e. The second-order valence-electron chi connectivity index (χ2n) is 5.45. The molecule has 1 aromatic heterocycles. The summed E-state index contributed by atoms with van der Waals surface area (Å²) in [5, 5.41) is 0. The molecule has 1 unspecified atom stereocenters. The molecule has 4 nitrogen and oxygen atoms in total. The van der Waals surface area contributed by atoms with E-state index in [4.69, 9.17) is 4.74 Å². The molecule has 0 N–H and O–H groups in total. The van der Waals surface area contributed by atoms with Gasteiger partial charge in [0.15, 0.2) is 0 Å². The van der Waals surface area contributed by atoms with E-state index in [9.17, 15) is 0 Å². The van der Waals surface area contributed by atoms with Gasteiger partial charge in [-0.15, -0.1) is 0 Å². The van der Waals surface area contributed by atoms with Crippen LogP contribution in [0.3, 0.4) is 0 Å². The van der Waals surface area contributed by atoms with Crippen LogP contribution in [-0.4, -0.2) is 50.2 Å². The number of hydrogen-bond acceptors (Lipinski definition) is 4. The largest absolute Gasteiger partial charge is 0.378 e. The molecule has 0 aromatic carbocycles. The number of rotatable bonds is 4. The SMILES string of the molecule is CCCN1CCOC(c2cc(N(C)C)cc(C)n2)C1. The Morgan fingerprint density at radius 1 is 1.42 bits per heavy atom. The summed E-state index contributed by atoms with van der Waals surface area (Å²) in [6, 6.07) is 4.25. The Balaban J connectivity index is 2.16. The topological polar surface area (TPSA) is 28.6 Å². The van der Waals surface area contributed by atoms with Crippen LogP contribution in [-0.2, 0) is 4.74 Å². The molecule has 2 rings (SSSR count). The van der Waals surface area contributed by atoms with Gasteiger partial charge in [-0.2, -0.15) is 0 Å². The van der Waals surface area contributed by atoms with Gasteiger partial charge in [-0.1, -0.05) is 6.92 Å². The third kappa shape index (κ3) is 3.67. The Labute approximate surface area is 116 Å². The van der Waals surface area contributed by atoms with Crippen molar-refractivity contribution in [3.63, 3.8) is 0 Å². The second-order valence-corrected chi connectivity index (χ2v) is 5.45. The van der Waals surface area contributed by atoms with Crippen molar-refractivity contribution in [2.45, 2.75) is 26.4 Å². The lowest BCUT2D eigenvalue weighted by atomic mass is 10.1. The third-order valence-electron chi connectivity index (χ3n) is 3.49. The molecule has 2 heterocycles. The molecule has 1 saturated heterocycles. The van der Waals surface area contributed by atoms with Crippen LogP contribution in [0.2, 0.25) is 0 Å². The molecule has 1 aliphatic rings. The predicted octanol–water partition coefficient (Wildman–Crippen LogP) is 2.24. The Hall–Kier alpha value is -1.13. The summed E-state index contributed by atoms with van der Waals surface area (Å²) < 4.78 is 5.91. The number of aromatic nitrogens is 1. The highest BCUT2D eigenvalue weighted by molar-refractivity contribution is 5.47.